The van der Waals surface area contributed by atoms with Crippen LogP contribution < -0.4 is 0 Å². The zero-order valence-electron chi connectivity index (χ0n) is 12.8. The molecule has 1 aromatic heterocycles. The van der Waals surface area contributed by atoms with E-state index in [9.17, 15) is 4.39 Å². The Balaban J connectivity index is 0.000000774. The summed E-state index contributed by atoms with van der Waals surface area (Å²) in [5, 5.41) is 5.52. The van der Waals surface area contributed by atoms with Crippen LogP contribution >= 0.6 is 0 Å². The number of hydrogen-bond acceptors (Lipinski definition) is 1. The maximum Gasteiger partial charge on any atom is 0.123 e. The first kappa shape index (κ1) is 15.2. The standard InChI is InChI=1S/C16H15FN2.C2H6/c1-2-12-6-7-16-14(8-12)10-18-19(16)11-13-4-3-5-15(17)9-13;1-2/h3-10H,2,11H2,1H3;1-2H3. The molecular weight excluding hydrogens is 263 g/mol. The van der Waals surface area contributed by atoms with Gasteiger partial charge in [-0.1, -0.05) is 39.0 Å². The molecule has 2 nitrogen and oxygen atoms in total. The van der Waals surface area contributed by atoms with Crippen molar-refractivity contribution in [2.75, 3.05) is 0 Å². The van der Waals surface area contributed by atoms with Crippen LogP contribution in [0.1, 0.15) is 31.9 Å². The topological polar surface area (TPSA) is 17.8 Å². The van der Waals surface area contributed by atoms with Gasteiger partial charge in [-0.3, -0.25) is 4.68 Å². The molecule has 0 N–H and O–H groups in total. The van der Waals surface area contributed by atoms with Crippen LogP contribution in [0, 0.1) is 5.82 Å². The van der Waals surface area contributed by atoms with Crippen molar-refractivity contribution in [3.63, 3.8) is 0 Å². The number of fused-ring (bicyclic) bond motifs is 1. The summed E-state index contributed by atoms with van der Waals surface area (Å²) in [4.78, 5) is 0. The largest absolute Gasteiger partial charge is 0.260 e. The van der Waals surface area contributed by atoms with Crippen LogP contribution in [0.15, 0.2) is 48.7 Å². The number of hydrogen-bond donors (Lipinski definition) is 0. The number of nitrogens with zero attached hydrogens (tertiary/aromatic N) is 2. The SMILES string of the molecule is CC.CCc1ccc2c(cnn2Cc2cccc(F)c2)c1. The van der Waals surface area contributed by atoms with Gasteiger partial charge < -0.3 is 0 Å². The van der Waals surface area contributed by atoms with Crippen molar-refractivity contribution in [2.24, 2.45) is 0 Å². The monoisotopic (exact) mass is 284 g/mol. The fourth-order valence-electron chi connectivity index (χ4n) is 2.29. The third kappa shape index (κ3) is 3.48. The first-order valence-electron chi connectivity index (χ1n) is 7.45. The third-order valence-corrected chi connectivity index (χ3v) is 3.34. The molecule has 1 heterocycles. The molecule has 3 aromatic rings. The zero-order valence-corrected chi connectivity index (χ0v) is 12.8. The van der Waals surface area contributed by atoms with Gasteiger partial charge in [0.2, 0.25) is 0 Å². The summed E-state index contributed by atoms with van der Waals surface area (Å²) in [7, 11) is 0. The van der Waals surface area contributed by atoms with Crippen LogP contribution in [-0.2, 0) is 13.0 Å². The Labute approximate surface area is 125 Å². The van der Waals surface area contributed by atoms with Crippen LogP contribution in [0.25, 0.3) is 10.9 Å². The Morgan fingerprint density at radius 1 is 1.05 bits per heavy atom. The van der Waals surface area contributed by atoms with Crippen molar-refractivity contribution in [1.29, 1.82) is 0 Å². The van der Waals surface area contributed by atoms with Crippen molar-refractivity contribution >= 4 is 10.9 Å². The number of halogens is 1. The molecule has 0 fully saturated rings. The Hall–Kier alpha value is -2.16. The lowest BCUT2D eigenvalue weighted by Crippen LogP contribution is -2.01. The summed E-state index contributed by atoms with van der Waals surface area (Å²) in [5.41, 5.74) is 3.31. The molecule has 3 heteroatoms. The Morgan fingerprint density at radius 2 is 1.86 bits per heavy atom. The molecule has 0 spiro atoms. The molecular formula is C18H21FN2. The summed E-state index contributed by atoms with van der Waals surface area (Å²) in [5.74, 6) is -0.206. The van der Waals surface area contributed by atoms with E-state index in [1.807, 2.05) is 30.8 Å². The van der Waals surface area contributed by atoms with Gasteiger partial charge in [0.05, 0.1) is 18.3 Å². The molecule has 0 saturated heterocycles. The van der Waals surface area contributed by atoms with E-state index in [-0.39, 0.29) is 5.82 Å². The number of aromatic nitrogens is 2. The maximum atomic E-state index is 13.2. The van der Waals surface area contributed by atoms with Gasteiger partial charge in [0.15, 0.2) is 0 Å². The van der Waals surface area contributed by atoms with Crippen molar-refractivity contribution in [2.45, 2.75) is 33.7 Å². The first-order chi connectivity index (χ1) is 10.3. The second kappa shape index (κ2) is 7.02. The first-order valence-corrected chi connectivity index (χ1v) is 7.45. The predicted molar refractivity (Wildman–Crippen MR) is 86.0 cm³/mol. The number of aryl methyl sites for hydroxylation is 1. The smallest absolute Gasteiger partial charge is 0.123 e. The van der Waals surface area contributed by atoms with Gasteiger partial charge >= 0.3 is 0 Å². The lowest BCUT2D eigenvalue weighted by molar-refractivity contribution is 0.621. The second-order valence-electron chi connectivity index (χ2n) is 4.68. The van der Waals surface area contributed by atoms with E-state index in [4.69, 9.17) is 0 Å². The van der Waals surface area contributed by atoms with E-state index in [1.165, 1.54) is 11.6 Å². The van der Waals surface area contributed by atoms with Crippen molar-refractivity contribution < 1.29 is 4.39 Å². The molecule has 21 heavy (non-hydrogen) atoms. The highest BCUT2D eigenvalue weighted by molar-refractivity contribution is 5.79. The molecule has 0 saturated carbocycles. The fraction of sp³-hybridized carbons (Fsp3) is 0.278. The normalized spacial score (nSPS) is 10.3. The second-order valence-corrected chi connectivity index (χ2v) is 4.68. The van der Waals surface area contributed by atoms with Crippen LogP contribution in [0.2, 0.25) is 0 Å². The van der Waals surface area contributed by atoms with Crippen LogP contribution in [0.4, 0.5) is 4.39 Å². The quantitative estimate of drug-likeness (QED) is 0.674. The van der Waals surface area contributed by atoms with Gasteiger partial charge in [-0.25, -0.2) is 4.39 Å². The molecule has 0 aliphatic rings. The molecule has 0 amide bonds. The van der Waals surface area contributed by atoms with E-state index in [1.54, 1.807) is 12.1 Å². The van der Waals surface area contributed by atoms with E-state index in [0.29, 0.717) is 6.54 Å². The van der Waals surface area contributed by atoms with Crippen LogP contribution in [-0.4, -0.2) is 9.78 Å². The Kier molecular flexibility index (Phi) is 5.09. The molecule has 0 radical (unpaired) electrons. The van der Waals surface area contributed by atoms with Crippen LogP contribution in [0.3, 0.4) is 0 Å². The average molecular weight is 284 g/mol. The fourth-order valence-corrected chi connectivity index (χ4v) is 2.29. The van der Waals surface area contributed by atoms with Gasteiger partial charge in [-0.05, 0) is 41.8 Å². The van der Waals surface area contributed by atoms with Crippen molar-refractivity contribution in [3.05, 3.63) is 65.6 Å². The minimum atomic E-state index is -0.206. The Bertz CT molecular complexity index is 716. The van der Waals surface area contributed by atoms with Gasteiger partial charge in [0, 0.05) is 5.39 Å². The van der Waals surface area contributed by atoms with Gasteiger partial charge in [0.25, 0.3) is 0 Å². The molecule has 2 aromatic carbocycles. The third-order valence-electron chi connectivity index (χ3n) is 3.34. The lowest BCUT2D eigenvalue weighted by Gasteiger charge is -2.04. The number of rotatable bonds is 3. The Morgan fingerprint density at radius 3 is 2.57 bits per heavy atom. The summed E-state index contributed by atoms with van der Waals surface area (Å²) < 4.78 is 15.1. The van der Waals surface area contributed by atoms with Gasteiger partial charge in [0.1, 0.15) is 5.82 Å². The molecule has 0 bridgehead atoms. The van der Waals surface area contributed by atoms with Gasteiger partial charge in [-0.15, -0.1) is 0 Å². The van der Waals surface area contributed by atoms with E-state index in [2.05, 4.69) is 30.2 Å². The molecule has 0 aliphatic carbocycles. The molecule has 0 unspecified atom stereocenters. The summed E-state index contributed by atoms with van der Waals surface area (Å²) in [6, 6.07) is 13.0. The number of benzene rings is 2. The highest BCUT2D eigenvalue weighted by Gasteiger charge is 2.04. The average Bonchev–Trinajstić information content (AvgIpc) is 2.91. The summed E-state index contributed by atoms with van der Waals surface area (Å²) >= 11 is 0. The van der Waals surface area contributed by atoms with Crippen molar-refractivity contribution in [3.8, 4) is 0 Å². The summed E-state index contributed by atoms with van der Waals surface area (Å²) in [6.45, 7) is 6.73. The predicted octanol–water partition coefficient (Wildman–Crippen LogP) is 4.81. The minimum Gasteiger partial charge on any atom is -0.260 e. The minimum absolute atomic E-state index is 0.206. The van der Waals surface area contributed by atoms with E-state index in [0.717, 1.165) is 22.9 Å². The highest BCUT2D eigenvalue weighted by atomic mass is 19.1. The van der Waals surface area contributed by atoms with E-state index < -0.39 is 0 Å². The molecule has 110 valence electrons. The molecule has 3 rings (SSSR count). The lowest BCUT2D eigenvalue weighted by atomic mass is 10.1. The van der Waals surface area contributed by atoms with Crippen LogP contribution in [0.5, 0.6) is 0 Å². The zero-order chi connectivity index (χ0) is 15.2. The van der Waals surface area contributed by atoms with Gasteiger partial charge in [-0.2, -0.15) is 5.10 Å². The van der Waals surface area contributed by atoms with Crippen molar-refractivity contribution in [1.82, 2.24) is 9.78 Å². The molecule has 0 aliphatic heterocycles. The highest BCUT2D eigenvalue weighted by Crippen LogP contribution is 2.17. The molecule has 0 atom stereocenters. The van der Waals surface area contributed by atoms with E-state index >= 15 is 0 Å². The summed E-state index contributed by atoms with van der Waals surface area (Å²) in [6.07, 6.45) is 2.89. The maximum absolute atomic E-state index is 13.2.